The van der Waals surface area contributed by atoms with E-state index in [1.807, 2.05) is 4.90 Å². The first kappa shape index (κ1) is 19.6. The molecule has 5 rings (SSSR count). The molecule has 2 fully saturated rings. The SMILES string of the molecule is CC(C)CC1(O)CC2CCC(C1)N2C(=O)OCC1c2ccccc2-c2ccccc21. The topological polar surface area (TPSA) is 49.8 Å². The summed E-state index contributed by atoms with van der Waals surface area (Å²) in [6, 6.07) is 17.0. The lowest BCUT2D eigenvalue weighted by molar-refractivity contribution is -0.0602. The molecule has 2 bridgehead atoms. The van der Waals surface area contributed by atoms with Crippen molar-refractivity contribution in [2.45, 2.75) is 69.6 Å². The van der Waals surface area contributed by atoms with Crippen LogP contribution in [0.2, 0.25) is 0 Å². The molecule has 1 amide bonds. The van der Waals surface area contributed by atoms with Gasteiger partial charge in [-0.2, -0.15) is 0 Å². The molecule has 3 aliphatic rings. The molecular weight excluding hydrogens is 374 g/mol. The van der Waals surface area contributed by atoms with Crippen LogP contribution in [0.5, 0.6) is 0 Å². The van der Waals surface area contributed by atoms with Crippen molar-refractivity contribution < 1.29 is 14.6 Å². The fourth-order valence-electron chi connectivity index (χ4n) is 6.22. The maximum Gasteiger partial charge on any atom is 0.410 e. The Hall–Kier alpha value is -2.33. The van der Waals surface area contributed by atoms with E-state index in [2.05, 4.69) is 62.4 Å². The van der Waals surface area contributed by atoms with Gasteiger partial charge < -0.3 is 14.7 Å². The standard InChI is InChI=1S/C26H31NO3/c1-17(2)13-26(29)14-18-11-12-19(15-26)27(18)25(28)30-16-24-22-9-5-3-7-20(22)21-8-4-6-10-23(21)24/h3-10,17-19,24,29H,11-16H2,1-2H3. The number of ether oxygens (including phenoxy) is 1. The third-order valence-corrected chi connectivity index (χ3v) is 7.19. The first-order chi connectivity index (χ1) is 14.5. The summed E-state index contributed by atoms with van der Waals surface area (Å²) in [5.41, 5.74) is 4.32. The summed E-state index contributed by atoms with van der Waals surface area (Å²) < 4.78 is 5.91. The summed E-state index contributed by atoms with van der Waals surface area (Å²) in [4.78, 5) is 15.0. The number of amides is 1. The van der Waals surface area contributed by atoms with Gasteiger partial charge in [0.25, 0.3) is 0 Å². The van der Waals surface area contributed by atoms with E-state index in [1.165, 1.54) is 22.3 Å². The molecule has 0 saturated carbocycles. The van der Waals surface area contributed by atoms with Crippen LogP contribution in [0, 0.1) is 5.92 Å². The molecule has 2 saturated heterocycles. The fourth-order valence-corrected chi connectivity index (χ4v) is 6.22. The summed E-state index contributed by atoms with van der Waals surface area (Å²) in [5, 5.41) is 11.1. The number of benzene rings is 2. The van der Waals surface area contributed by atoms with Gasteiger partial charge in [-0.15, -0.1) is 0 Å². The van der Waals surface area contributed by atoms with Crippen LogP contribution in [0.25, 0.3) is 11.1 Å². The molecule has 0 aromatic heterocycles. The average molecular weight is 406 g/mol. The Morgan fingerprint density at radius 3 is 2.10 bits per heavy atom. The molecular formula is C26H31NO3. The second kappa shape index (κ2) is 7.42. The van der Waals surface area contributed by atoms with Crippen LogP contribution in [-0.2, 0) is 4.74 Å². The first-order valence-electron chi connectivity index (χ1n) is 11.3. The summed E-state index contributed by atoms with van der Waals surface area (Å²) in [7, 11) is 0. The van der Waals surface area contributed by atoms with Crippen molar-refractivity contribution in [2.24, 2.45) is 5.92 Å². The van der Waals surface area contributed by atoms with Gasteiger partial charge in [0.2, 0.25) is 0 Å². The Kier molecular flexibility index (Phi) is 4.85. The minimum Gasteiger partial charge on any atom is -0.448 e. The third kappa shape index (κ3) is 3.31. The average Bonchev–Trinajstić information content (AvgIpc) is 3.18. The molecule has 2 heterocycles. The van der Waals surface area contributed by atoms with Gasteiger partial charge in [-0.25, -0.2) is 4.79 Å². The van der Waals surface area contributed by atoms with Gasteiger partial charge in [-0.05, 0) is 60.3 Å². The molecule has 0 radical (unpaired) electrons. The molecule has 1 aliphatic carbocycles. The highest BCUT2D eigenvalue weighted by Gasteiger charge is 2.50. The zero-order chi connectivity index (χ0) is 20.9. The quantitative estimate of drug-likeness (QED) is 0.747. The second-order valence-corrected chi connectivity index (χ2v) is 9.83. The lowest BCUT2D eigenvalue weighted by atomic mass is 9.80. The van der Waals surface area contributed by atoms with Gasteiger partial charge in [-0.3, -0.25) is 0 Å². The van der Waals surface area contributed by atoms with E-state index < -0.39 is 5.60 Å². The Balaban J connectivity index is 1.30. The van der Waals surface area contributed by atoms with Crippen LogP contribution >= 0.6 is 0 Å². The second-order valence-electron chi connectivity index (χ2n) is 9.83. The molecule has 2 atom stereocenters. The van der Waals surface area contributed by atoms with Gasteiger partial charge in [0.05, 0.1) is 5.60 Å². The summed E-state index contributed by atoms with van der Waals surface area (Å²) in [6.07, 6.45) is 3.87. The van der Waals surface area contributed by atoms with E-state index in [-0.39, 0.29) is 24.1 Å². The minimum absolute atomic E-state index is 0.0849. The van der Waals surface area contributed by atoms with Gasteiger partial charge in [0, 0.05) is 18.0 Å². The maximum atomic E-state index is 13.1. The van der Waals surface area contributed by atoms with Crippen molar-refractivity contribution in [1.82, 2.24) is 4.90 Å². The Bertz CT molecular complexity index is 893. The molecule has 4 nitrogen and oxygen atoms in total. The molecule has 2 aliphatic heterocycles. The van der Waals surface area contributed by atoms with Crippen molar-refractivity contribution >= 4 is 6.09 Å². The van der Waals surface area contributed by atoms with E-state index in [4.69, 9.17) is 4.74 Å². The number of rotatable bonds is 4. The monoisotopic (exact) mass is 405 g/mol. The van der Waals surface area contributed by atoms with Crippen molar-refractivity contribution in [2.75, 3.05) is 6.61 Å². The fraction of sp³-hybridized carbons (Fsp3) is 0.500. The zero-order valence-corrected chi connectivity index (χ0v) is 17.9. The number of hydrogen-bond donors (Lipinski definition) is 1. The number of carbonyl (C=O) groups excluding carboxylic acids is 1. The summed E-state index contributed by atoms with van der Waals surface area (Å²) in [5.74, 6) is 0.539. The highest BCUT2D eigenvalue weighted by molar-refractivity contribution is 5.79. The predicted octanol–water partition coefficient (Wildman–Crippen LogP) is 5.34. The largest absolute Gasteiger partial charge is 0.448 e. The van der Waals surface area contributed by atoms with Crippen LogP contribution in [0.1, 0.15) is 63.0 Å². The van der Waals surface area contributed by atoms with Crippen LogP contribution < -0.4 is 0 Å². The molecule has 2 aromatic rings. The van der Waals surface area contributed by atoms with E-state index in [1.54, 1.807) is 0 Å². The van der Waals surface area contributed by atoms with Crippen molar-refractivity contribution in [3.8, 4) is 11.1 Å². The van der Waals surface area contributed by atoms with Gasteiger partial charge in [0.15, 0.2) is 0 Å². The molecule has 0 spiro atoms. The van der Waals surface area contributed by atoms with E-state index in [0.29, 0.717) is 25.4 Å². The number of piperidine rings is 1. The van der Waals surface area contributed by atoms with Gasteiger partial charge in [0.1, 0.15) is 6.61 Å². The van der Waals surface area contributed by atoms with Gasteiger partial charge >= 0.3 is 6.09 Å². The molecule has 158 valence electrons. The van der Waals surface area contributed by atoms with E-state index in [9.17, 15) is 9.90 Å². The molecule has 1 N–H and O–H groups in total. The van der Waals surface area contributed by atoms with E-state index in [0.717, 1.165) is 19.3 Å². The Morgan fingerprint density at radius 2 is 1.57 bits per heavy atom. The molecule has 4 heteroatoms. The predicted molar refractivity (Wildman–Crippen MR) is 117 cm³/mol. The molecule has 2 unspecified atom stereocenters. The lowest BCUT2D eigenvalue weighted by Gasteiger charge is -2.44. The highest BCUT2D eigenvalue weighted by atomic mass is 16.6. The van der Waals surface area contributed by atoms with Crippen molar-refractivity contribution in [1.29, 1.82) is 0 Å². The maximum absolute atomic E-state index is 13.1. The minimum atomic E-state index is -0.639. The van der Waals surface area contributed by atoms with Crippen LogP contribution in [0.3, 0.4) is 0 Å². The van der Waals surface area contributed by atoms with E-state index >= 15 is 0 Å². The normalized spacial score (nSPS) is 27.3. The molecule has 30 heavy (non-hydrogen) atoms. The number of fused-ring (bicyclic) bond motifs is 5. The third-order valence-electron chi connectivity index (χ3n) is 7.19. The molecule has 2 aromatic carbocycles. The summed E-state index contributed by atoms with van der Waals surface area (Å²) >= 11 is 0. The van der Waals surface area contributed by atoms with Crippen LogP contribution in [0.4, 0.5) is 4.79 Å². The number of aliphatic hydroxyl groups is 1. The Labute approximate surface area is 178 Å². The van der Waals surface area contributed by atoms with Crippen molar-refractivity contribution in [3.63, 3.8) is 0 Å². The van der Waals surface area contributed by atoms with Gasteiger partial charge in [-0.1, -0.05) is 62.4 Å². The number of carbonyl (C=O) groups is 1. The lowest BCUT2D eigenvalue weighted by Crippen LogP contribution is -2.53. The zero-order valence-electron chi connectivity index (χ0n) is 17.9. The first-order valence-corrected chi connectivity index (χ1v) is 11.3. The smallest absolute Gasteiger partial charge is 0.410 e. The highest BCUT2D eigenvalue weighted by Crippen LogP contribution is 2.46. The Morgan fingerprint density at radius 1 is 1.03 bits per heavy atom. The van der Waals surface area contributed by atoms with Crippen molar-refractivity contribution in [3.05, 3.63) is 59.7 Å². The summed E-state index contributed by atoms with van der Waals surface area (Å²) in [6.45, 7) is 4.66. The van der Waals surface area contributed by atoms with Crippen LogP contribution in [-0.4, -0.2) is 40.4 Å². The number of hydrogen-bond acceptors (Lipinski definition) is 3. The van der Waals surface area contributed by atoms with Crippen LogP contribution in [0.15, 0.2) is 48.5 Å². The number of nitrogens with zero attached hydrogens (tertiary/aromatic N) is 1.